The van der Waals surface area contributed by atoms with E-state index in [1.807, 2.05) is 35.2 Å². The molecule has 1 fully saturated rings. The molecule has 1 aromatic heterocycles. The Labute approximate surface area is 175 Å². The van der Waals surface area contributed by atoms with Crippen LogP contribution in [-0.2, 0) is 11.2 Å². The molecule has 0 unspecified atom stereocenters. The number of carbonyl (C=O) groups excluding carboxylic acids is 1. The van der Waals surface area contributed by atoms with Crippen LogP contribution in [-0.4, -0.2) is 27.3 Å². The van der Waals surface area contributed by atoms with Crippen LogP contribution >= 0.6 is 0 Å². The molecule has 0 bridgehead atoms. The number of hydrogen-bond donors (Lipinski definition) is 1. The number of benzene rings is 2. The second-order valence-electron chi connectivity index (χ2n) is 7.62. The van der Waals surface area contributed by atoms with Gasteiger partial charge >= 0.3 is 0 Å². The van der Waals surface area contributed by atoms with Crippen molar-refractivity contribution in [3.05, 3.63) is 77.9 Å². The van der Waals surface area contributed by atoms with Crippen molar-refractivity contribution >= 4 is 11.9 Å². The Kier molecular flexibility index (Phi) is 6.02. The quantitative estimate of drug-likeness (QED) is 0.677. The van der Waals surface area contributed by atoms with Crippen LogP contribution in [0.2, 0.25) is 0 Å². The first kappa shape index (κ1) is 20.0. The van der Waals surface area contributed by atoms with Crippen LogP contribution < -0.4 is 5.73 Å². The smallest absolute Gasteiger partial charge is 0.223 e. The number of halogens is 1. The molecule has 2 heterocycles. The fourth-order valence-electron chi connectivity index (χ4n) is 4.06. The summed E-state index contributed by atoms with van der Waals surface area (Å²) in [6.07, 6.45) is 5.56. The minimum atomic E-state index is -0.268. The summed E-state index contributed by atoms with van der Waals surface area (Å²) in [4.78, 5) is 23.8. The number of carbonyl (C=O) groups is 1. The molecule has 3 aromatic rings. The van der Waals surface area contributed by atoms with Gasteiger partial charge in [0.25, 0.3) is 0 Å². The highest BCUT2D eigenvalue weighted by molar-refractivity contribution is 5.78. The van der Waals surface area contributed by atoms with E-state index in [0.29, 0.717) is 19.4 Å². The minimum absolute atomic E-state index is 0.0835. The van der Waals surface area contributed by atoms with Crippen molar-refractivity contribution in [3.8, 4) is 11.1 Å². The molecule has 1 atom stereocenters. The maximum Gasteiger partial charge on any atom is 0.223 e. The van der Waals surface area contributed by atoms with Crippen LogP contribution in [0.5, 0.6) is 0 Å². The summed E-state index contributed by atoms with van der Waals surface area (Å²) < 4.78 is 13.1. The normalized spacial score (nSPS) is 16.4. The van der Waals surface area contributed by atoms with Crippen molar-refractivity contribution in [2.24, 2.45) is 0 Å². The molecule has 0 radical (unpaired) electrons. The summed E-state index contributed by atoms with van der Waals surface area (Å²) in [6, 6.07) is 16.1. The van der Waals surface area contributed by atoms with Crippen LogP contribution in [0.15, 0.2) is 60.8 Å². The fourth-order valence-corrected chi connectivity index (χ4v) is 4.06. The van der Waals surface area contributed by atoms with Crippen molar-refractivity contribution in [1.29, 1.82) is 0 Å². The number of rotatable bonds is 5. The second kappa shape index (κ2) is 9.03. The number of nitrogen functional groups attached to an aromatic ring is 1. The third-order valence-electron chi connectivity index (χ3n) is 5.60. The standard InChI is InChI=1S/C24H25FN4O/c25-19-12-9-17(10-13-19)11-14-22(30)29-15-5-4-8-21(29)23-20(16-27-24(26)28-23)18-6-2-1-3-7-18/h1-3,6-7,9-10,12-13,16,21H,4-5,8,11,14-15H2,(H2,26,27,28)/t21-/m1/s1. The summed E-state index contributed by atoms with van der Waals surface area (Å²) in [7, 11) is 0. The number of nitrogens with two attached hydrogens (primary N) is 1. The Morgan fingerprint density at radius 2 is 1.87 bits per heavy atom. The lowest BCUT2D eigenvalue weighted by atomic mass is 9.93. The number of piperidine rings is 1. The Hall–Kier alpha value is -3.28. The molecule has 1 amide bonds. The van der Waals surface area contributed by atoms with E-state index in [-0.39, 0.29) is 23.7 Å². The van der Waals surface area contributed by atoms with Crippen LogP contribution in [0, 0.1) is 5.82 Å². The fraction of sp³-hybridized carbons (Fsp3) is 0.292. The van der Waals surface area contributed by atoms with Crippen LogP contribution in [0.3, 0.4) is 0 Å². The first-order valence-electron chi connectivity index (χ1n) is 10.3. The molecule has 0 saturated carbocycles. The molecular formula is C24H25FN4O. The summed E-state index contributed by atoms with van der Waals surface area (Å²) in [5.74, 6) is 0.0325. The van der Waals surface area contributed by atoms with Gasteiger partial charge < -0.3 is 10.6 Å². The van der Waals surface area contributed by atoms with E-state index in [0.717, 1.165) is 41.6 Å². The Bertz CT molecular complexity index is 1010. The largest absolute Gasteiger partial charge is 0.368 e. The lowest BCUT2D eigenvalue weighted by Crippen LogP contribution is -2.39. The summed E-state index contributed by atoms with van der Waals surface area (Å²) in [5.41, 5.74) is 9.61. The van der Waals surface area contributed by atoms with E-state index in [1.165, 1.54) is 12.1 Å². The van der Waals surface area contributed by atoms with Crippen molar-refractivity contribution in [1.82, 2.24) is 14.9 Å². The molecule has 1 aliphatic rings. The van der Waals surface area contributed by atoms with Crippen LogP contribution in [0.25, 0.3) is 11.1 Å². The molecule has 154 valence electrons. The Morgan fingerprint density at radius 3 is 2.63 bits per heavy atom. The third kappa shape index (κ3) is 4.48. The van der Waals surface area contributed by atoms with Gasteiger partial charge in [-0.1, -0.05) is 42.5 Å². The van der Waals surface area contributed by atoms with Gasteiger partial charge in [0.2, 0.25) is 11.9 Å². The summed E-state index contributed by atoms with van der Waals surface area (Å²) >= 11 is 0. The molecule has 2 aromatic carbocycles. The number of aryl methyl sites for hydroxylation is 1. The van der Waals surface area contributed by atoms with E-state index < -0.39 is 0 Å². The molecule has 6 heteroatoms. The van der Waals surface area contributed by atoms with Gasteiger partial charge in [0.15, 0.2) is 0 Å². The van der Waals surface area contributed by atoms with E-state index in [9.17, 15) is 9.18 Å². The molecular weight excluding hydrogens is 379 g/mol. The Balaban J connectivity index is 1.58. The number of hydrogen-bond acceptors (Lipinski definition) is 4. The maximum absolute atomic E-state index is 13.1. The van der Waals surface area contributed by atoms with Gasteiger partial charge in [-0.2, -0.15) is 0 Å². The van der Waals surface area contributed by atoms with E-state index in [1.54, 1.807) is 18.3 Å². The lowest BCUT2D eigenvalue weighted by molar-refractivity contribution is -0.135. The highest BCUT2D eigenvalue weighted by Gasteiger charge is 2.31. The highest BCUT2D eigenvalue weighted by atomic mass is 19.1. The van der Waals surface area contributed by atoms with Crippen LogP contribution in [0.1, 0.15) is 43.0 Å². The number of nitrogens with zero attached hydrogens (tertiary/aromatic N) is 3. The van der Waals surface area contributed by atoms with E-state index in [4.69, 9.17) is 5.73 Å². The van der Waals surface area contributed by atoms with Crippen molar-refractivity contribution < 1.29 is 9.18 Å². The maximum atomic E-state index is 13.1. The van der Waals surface area contributed by atoms with Gasteiger partial charge in [0.05, 0.1) is 11.7 Å². The third-order valence-corrected chi connectivity index (χ3v) is 5.60. The predicted octanol–water partition coefficient (Wildman–Crippen LogP) is 4.55. The molecule has 2 N–H and O–H groups in total. The zero-order chi connectivity index (χ0) is 20.9. The van der Waals surface area contributed by atoms with E-state index >= 15 is 0 Å². The molecule has 0 aliphatic carbocycles. The van der Waals surface area contributed by atoms with Gasteiger partial charge in [-0.05, 0) is 48.9 Å². The number of anilines is 1. The average molecular weight is 404 g/mol. The first-order valence-corrected chi connectivity index (χ1v) is 10.3. The molecule has 1 saturated heterocycles. The van der Waals surface area contributed by atoms with Gasteiger partial charge in [0.1, 0.15) is 5.82 Å². The number of aromatic nitrogens is 2. The topological polar surface area (TPSA) is 72.1 Å². The monoisotopic (exact) mass is 404 g/mol. The minimum Gasteiger partial charge on any atom is -0.368 e. The molecule has 30 heavy (non-hydrogen) atoms. The highest BCUT2D eigenvalue weighted by Crippen LogP contribution is 2.36. The Morgan fingerprint density at radius 1 is 1.10 bits per heavy atom. The van der Waals surface area contributed by atoms with E-state index in [2.05, 4.69) is 9.97 Å². The predicted molar refractivity (Wildman–Crippen MR) is 115 cm³/mol. The first-order chi connectivity index (χ1) is 14.6. The molecule has 5 nitrogen and oxygen atoms in total. The molecule has 4 rings (SSSR count). The number of likely N-dealkylation sites (tertiary alicyclic amines) is 1. The number of amides is 1. The second-order valence-corrected chi connectivity index (χ2v) is 7.62. The van der Waals surface area contributed by atoms with Gasteiger partial charge in [0, 0.05) is 24.7 Å². The molecule has 0 spiro atoms. The van der Waals surface area contributed by atoms with Gasteiger partial charge in [-0.25, -0.2) is 14.4 Å². The van der Waals surface area contributed by atoms with Gasteiger partial charge in [-0.3, -0.25) is 4.79 Å². The average Bonchev–Trinajstić information content (AvgIpc) is 2.79. The van der Waals surface area contributed by atoms with Crippen molar-refractivity contribution in [2.45, 2.75) is 38.1 Å². The van der Waals surface area contributed by atoms with Crippen molar-refractivity contribution in [3.63, 3.8) is 0 Å². The summed E-state index contributed by atoms with van der Waals surface area (Å²) in [5, 5.41) is 0. The van der Waals surface area contributed by atoms with Crippen molar-refractivity contribution in [2.75, 3.05) is 12.3 Å². The SMILES string of the molecule is Nc1ncc(-c2ccccc2)c([C@H]2CCCCN2C(=O)CCc2ccc(F)cc2)n1. The molecule has 1 aliphatic heterocycles. The zero-order valence-electron chi connectivity index (χ0n) is 16.8. The van der Waals surface area contributed by atoms with Gasteiger partial charge in [-0.15, -0.1) is 0 Å². The zero-order valence-corrected chi connectivity index (χ0v) is 16.8. The summed E-state index contributed by atoms with van der Waals surface area (Å²) in [6.45, 7) is 0.699. The lowest BCUT2D eigenvalue weighted by Gasteiger charge is -2.36. The van der Waals surface area contributed by atoms with Crippen LogP contribution in [0.4, 0.5) is 10.3 Å².